The van der Waals surface area contributed by atoms with Crippen LogP contribution in [0.15, 0.2) is 42.7 Å². The Morgan fingerprint density at radius 2 is 2.21 bits per heavy atom. The van der Waals surface area contributed by atoms with E-state index in [4.69, 9.17) is 0 Å². The molecule has 1 atom stereocenters. The van der Waals surface area contributed by atoms with Crippen LogP contribution in [-0.2, 0) is 11.8 Å². The van der Waals surface area contributed by atoms with E-state index in [2.05, 4.69) is 15.4 Å². The van der Waals surface area contributed by atoms with Crippen LogP contribution in [0.5, 0.6) is 0 Å². The van der Waals surface area contributed by atoms with Gasteiger partial charge in [-0.25, -0.2) is 0 Å². The van der Waals surface area contributed by atoms with Gasteiger partial charge in [-0.2, -0.15) is 5.10 Å². The van der Waals surface area contributed by atoms with Crippen molar-refractivity contribution in [2.75, 3.05) is 11.4 Å². The van der Waals surface area contributed by atoms with Gasteiger partial charge in [-0.15, -0.1) is 0 Å². The second-order valence-electron chi connectivity index (χ2n) is 5.95. The molecule has 2 N–H and O–H groups in total. The van der Waals surface area contributed by atoms with Crippen molar-refractivity contribution in [1.29, 1.82) is 0 Å². The summed E-state index contributed by atoms with van der Waals surface area (Å²) < 4.78 is 1.65. The SMILES string of the molecule is Cn1cc(N2CC[C@@H](NC(=O)c3cc4ccccc4[nH]3)C2=O)cn1. The lowest BCUT2D eigenvalue weighted by atomic mass is 10.2. The molecule has 3 heterocycles. The summed E-state index contributed by atoms with van der Waals surface area (Å²) in [6, 6.07) is 8.97. The molecule has 1 fully saturated rings. The van der Waals surface area contributed by atoms with Crippen molar-refractivity contribution >= 4 is 28.4 Å². The van der Waals surface area contributed by atoms with Crippen molar-refractivity contribution in [2.24, 2.45) is 7.05 Å². The van der Waals surface area contributed by atoms with Gasteiger partial charge in [0.05, 0.1) is 11.9 Å². The smallest absolute Gasteiger partial charge is 0.268 e. The molecule has 0 radical (unpaired) electrons. The number of nitrogens with one attached hydrogen (secondary N) is 2. The number of anilines is 1. The first-order chi connectivity index (χ1) is 11.6. The van der Waals surface area contributed by atoms with Gasteiger partial charge in [-0.3, -0.25) is 14.3 Å². The maximum absolute atomic E-state index is 12.5. The number of fused-ring (bicyclic) bond motifs is 1. The molecule has 0 unspecified atom stereocenters. The van der Waals surface area contributed by atoms with Crippen molar-refractivity contribution in [3.63, 3.8) is 0 Å². The quantitative estimate of drug-likeness (QED) is 0.765. The lowest BCUT2D eigenvalue weighted by molar-refractivity contribution is -0.118. The zero-order valence-corrected chi connectivity index (χ0v) is 13.2. The molecule has 122 valence electrons. The van der Waals surface area contributed by atoms with Crippen LogP contribution in [0.1, 0.15) is 16.9 Å². The topological polar surface area (TPSA) is 83.0 Å². The lowest BCUT2D eigenvalue weighted by Crippen LogP contribution is -2.41. The van der Waals surface area contributed by atoms with E-state index < -0.39 is 6.04 Å². The standard InChI is InChI=1S/C17H17N5O2/c1-21-10-12(9-18-21)22-7-6-14(17(22)24)20-16(23)15-8-11-4-2-3-5-13(11)19-15/h2-5,8-10,14,19H,6-7H2,1H3,(H,20,23)/t14-/m1/s1. The van der Waals surface area contributed by atoms with E-state index in [9.17, 15) is 9.59 Å². The van der Waals surface area contributed by atoms with Crippen molar-refractivity contribution in [3.05, 3.63) is 48.4 Å². The minimum absolute atomic E-state index is 0.104. The Hall–Kier alpha value is -3.09. The van der Waals surface area contributed by atoms with E-state index in [1.807, 2.05) is 24.3 Å². The number of aromatic amines is 1. The Morgan fingerprint density at radius 1 is 1.38 bits per heavy atom. The largest absolute Gasteiger partial charge is 0.351 e. The molecular formula is C17H17N5O2. The molecule has 2 aromatic heterocycles. The molecule has 0 bridgehead atoms. The number of nitrogens with zero attached hydrogens (tertiary/aromatic N) is 3. The summed E-state index contributed by atoms with van der Waals surface area (Å²) in [6.07, 6.45) is 4.03. The van der Waals surface area contributed by atoms with Crippen molar-refractivity contribution in [2.45, 2.75) is 12.5 Å². The molecule has 1 saturated heterocycles. The number of aromatic nitrogens is 3. The number of amides is 2. The Balaban J connectivity index is 1.49. The maximum atomic E-state index is 12.5. The summed E-state index contributed by atoms with van der Waals surface area (Å²) in [7, 11) is 1.80. The summed E-state index contributed by atoms with van der Waals surface area (Å²) in [5, 5.41) is 7.88. The third-order valence-corrected chi connectivity index (χ3v) is 4.29. The fourth-order valence-electron chi connectivity index (χ4n) is 3.05. The summed E-state index contributed by atoms with van der Waals surface area (Å²) in [4.78, 5) is 29.7. The number of carbonyl (C=O) groups is 2. The molecule has 4 rings (SSSR count). The van der Waals surface area contributed by atoms with E-state index >= 15 is 0 Å². The first-order valence-electron chi connectivity index (χ1n) is 7.80. The molecule has 0 spiro atoms. The van der Waals surface area contributed by atoms with E-state index in [1.165, 1.54) is 0 Å². The molecule has 7 heteroatoms. The number of aryl methyl sites for hydroxylation is 1. The zero-order valence-electron chi connectivity index (χ0n) is 13.2. The fraction of sp³-hybridized carbons (Fsp3) is 0.235. The molecule has 1 aromatic carbocycles. The highest BCUT2D eigenvalue weighted by Crippen LogP contribution is 2.21. The highest BCUT2D eigenvalue weighted by Gasteiger charge is 2.34. The molecule has 3 aromatic rings. The highest BCUT2D eigenvalue weighted by atomic mass is 16.2. The number of hydrogen-bond donors (Lipinski definition) is 2. The Bertz CT molecular complexity index is 893. The monoisotopic (exact) mass is 323 g/mol. The minimum Gasteiger partial charge on any atom is -0.351 e. The minimum atomic E-state index is -0.510. The van der Waals surface area contributed by atoms with E-state index in [0.717, 1.165) is 16.6 Å². The Kier molecular flexibility index (Phi) is 3.34. The second kappa shape index (κ2) is 5.52. The van der Waals surface area contributed by atoms with Crippen LogP contribution in [0.4, 0.5) is 5.69 Å². The Labute approximate surface area is 138 Å². The average Bonchev–Trinajstić information content (AvgIpc) is 3.27. The predicted octanol–water partition coefficient (Wildman–Crippen LogP) is 1.44. The number of benzene rings is 1. The lowest BCUT2D eigenvalue weighted by Gasteiger charge is -2.14. The normalized spacial score (nSPS) is 17.6. The van der Waals surface area contributed by atoms with Crippen LogP contribution in [0.3, 0.4) is 0 Å². The summed E-state index contributed by atoms with van der Waals surface area (Å²) in [6.45, 7) is 0.572. The summed E-state index contributed by atoms with van der Waals surface area (Å²) >= 11 is 0. The van der Waals surface area contributed by atoms with Crippen LogP contribution in [0, 0.1) is 0 Å². The summed E-state index contributed by atoms with van der Waals surface area (Å²) in [5.41, 5.74) is 2.12. The number of hydrogen-bond acceptors (Lipinski definition) is 3. The molecule has 7 nitrogen and oxygen atoms in total. The van der Waals surface area contributed by atoms with Crippen molar-refractivity contribution in [3.8, 4) is 0 Å². The van der Waals surface area contributed by atoms with Crippen LogP contribution >= 0.6 is 0 Å². The molecule has 0 aliphatic carbocycles. The van der Waals surface area contributed by atoms with E-state index in [0.29, 0.717) is 18.7 Å². The molecule has 0 saturated carbocycles. The third-order valence-electron chi connectivity index (χ3n) is 4.29. The summed E-state index contributed by atoms with van der Waals surface area (Å²) in [5.74, 6) is -0.370. The van der Waals surface area contributed by atoms with Crippen LogP contribution in [-0.4, -0.2) is 39.2 Å². The number of rotatable bonds is 3. The first kappa shape index (κ1) is 14.5. The second-order valence-corrected chi connectivity index (χ2v) is 5.95. The van der Waals surface area contributed by atoms with Crippen molar-refractivity contribution in [1.82, 2.24) is 20.1 Å². The van der Waals surface area contributed by atoms with Gasteiger partial charge in [-0.1, -0.05) is 18.2 Å². The van der Waals surface area contributed by atoms with Crippen LogP contribution < -0.4 is 10.2 Å². The maximum Gasteiger partial charge on any atom is 0.268 e. The van der Waals surface area contributed by atoms with Gasteiger partial charge in [0.2, 0.25) is 5.91 Å². The van der Waals surface area contributed by atoms with Crippen molar-refractivity contribution < 1.29 is 9.59 Å². The zero-order chi connectivity index (χ0) is 16.7. The van der Waals surface area contributed by atoms with Gasteiger partial charge in [0, 0.05) is 30.7 Å². The Morgan fingerprint density at radius 3 is 2.96 bits per heavy atom. The third kappa shape index (κ3) is 2.44. The number of H-pyrrole nitrogens is 1. The van der Waals surface area contributed by atoms with Gasteiger partial charge in [0.1, 0.15) is 11.7 Å². The molecular weight excluding hydrogens is 306 g/mol. The molecule has 1 aliphatic rings. The van der Waals surface area contributed by atoms with Crippen LogP contribution in [0.2, 0.25) is 0 Å². The fourth-order valence-corrected chi connectivity index (χ4v) is 3.05. The highest BCUT2D eigenvalue weighted by molar-refractivity contribution is 6.04. The van der Waals surface area contributed by atoms with Gasteiger partial charge >= 0.3 is 0 Å². The predicted molar refractivity (Wildman–Crippen MR) is 89.7 cm³/mol. The van der Waals surface area contributed by atoms with Gasteiger partial charge < -0.3 is 15.2 Å². The van der Waals surface area contributed by atoms with E-state index in [1.54, 1.807) is 35.1 Å². The van der Waals surface area contributed by atoms with Gasteiger partial charge in [0.15, 0.2) is 0 Å². The van der Waals surface area contributed by atoms with E-state index in [-0.39, 0.29) is 11.8 Å². The van der Waals surface area contributed by atoms with Gasteiger partial charge in [0.25, 0.3) is 5.91 Å². The average molecular weight is 323 g/mol. The molecule has 24 heavy (non-hydrogen) atoms. The number of carbonyl (C=O) groups excluding carboxylic acids is 2. The number of para-hydroxylation sites is 1. The van der Waals surface area contributed by atoms with Gasteiger partial charge in [-0.05, 0) is 18.6 Å². The molecule has 1 aliphatic heterocycles. The first-order valence-corrected chi connectivity index (χ1v) is 7.80. The molecule has 2 amide bonds. The van der Waals surface area contributed by atoms with Crippen LogP contribution in [0.25, 0.3) is 10.9 Å².